The van der Waals surface area contributed by atoms with Gasteiger partial charge in [0.1, 0.15) is 24.7 Å². The predicted octanol–water partition coefficient (Wildman–Crippen LogP) is 2.34. The van der Waals surface area contributed by atoms with Crippen molar-refractivity contribution in [3.8, 4) is 5.69 Å². The summed E-state index contributed by atoms with van der Waals surface area (Å²) in [6.45, 7) is -0.598. The minimum Gasteiger partial charge on any atom is -0.323 e. The molecule has 12 heteroatoms. The second kappa shape index (κ2) is 7.04. The van der Waals surface area contributed by atoms with Crippen molar-refractivity contribution in [2.75, 3.05) is 11.9 Å². The largest absolute Gasteiger partial charge is 0.416 e. The third-order valence-corrected chi connectivity index (χ3v) is 6.17. The zero-order valence-electron chi connectivity index (χ0n) is 16.7. The number of halogens is 3. The Kier molecular flexibility index (Phi) is 4.50. The van der Waals surface area contributed by atoms with Crippen LogP contribution < -0.4 is 10.6 Å². The SMILES string of the molecule is O=C(CN1C(=O)NC(C2CC2)(C2CC2)C1=O)Nc1cc(C(F)(F)F)ccc1-n1cncn1. The zero-order chi connectivity index (χ0) is 22.7. The molecule has 4 amide bonds. The van der Waals surface area contributed by atoms with Gasteiger partial charge in [-0.25, -0.2) is 14.5 Å². The Labute approximate surface area is 180 Å². The summed E-state index contributed by atoms with van der Waals surface area (Å²) >= 11 is 0. The molecule has 2 aromatic rings. The van der Waals surface area contributed by atoms with E-state index in [4.69, 9.17) is 0 Å². The fourth-order valence-corrected chi connectivity index (χ4v) is 4.40. The van der Waals surface area contributed by atoms with E-state index in [9.17, 15) is 27.6 Å². The molecular formula is C20H19F3N6O3. The number of urea groups is 1. The van der Waals surface area contributed by atoms with Crippen LogP contribution in [0, 0.1) is 11.8 Å². The highest BCUT2D eigenvalue weighted by atomic mass is 19.4. The highest BCUT2D eigenvalue weighted by Crippen LogP contribution is 2.54. The average Bonchev–Trinajstić information content (AvgIpc) is 3.67. The van der Waals surface area contributed by atoms with E-state index in [0.717, 1.165) is 48.8 Å². The summed E-state index contributed by atoms with van der Waals surface area (Å²) in [5.74, 6) is -1.08. The molecule has 1 aliphatic heterocycles. The van der Waals surface area contributed by atoms with Crippen LogP contribution in [-0.2, 0) is 15.8 Å². The lowest BCUT2D eigenvalue weighted by Gasteiger charge is -2.26. The first kappa shape index (κ1) is 20.5. The number of imide groups is 1. The number of carbonyl (C=O) groups excluding carboxylic acids is 3. The fourth-order valence-electron chi connectivity index (χ4n) is 4.40. The topological polar surface area (TPSA) is 109 Å². The summed E-state index contributed by atoms with van der Waals surface area (Å²) < 4.78 is 40.8. The Morgan fingerprint density at radius 1 is 1.19 bits per heavy atom. The second-order valence-electron chi connectivity index (χ2n) is 8.36. The van der Waals surface area contributed by atoms with Crippen molar-refractivity contribution in [3.05, 3.63) is 36.4 Å². The van der Waals surface area contributed by atoms with Crippen molar-refractivity contribution >= 4 is 23.5 Å². The molecule has 1 aromatic heterocycles. The molecule has 0 unspecified atom stereocenters. The van der Waals surface area contributed by atoms with Crippen LogP contribution in [0.1, 0.15) is 31.2 Å². The van der Waals surface area contributed by atoms with Gasteiger partial charge in [-0.15, -0.1) is 0 Å². The summed E-state index contributed by atoms with van der Waals surface area (Å²) in [6, 6.07) is 2.15. The van der Waals surface area contributed by atoms with E-state index in [-0.39, 0.29) is 23.2 Å². The molecular weight excluding hydrogens is 429 g/mol. The lowest BCUT2D eigenvalue weighted by Crippen LogP contribution is -2.51. The molecule has 0 spiro atoms. The maximum absolute atomic E-state index is 13.2. The predicted molar refractivity (Wildman–Crippen MR) is 103 cm³/mol. The van der Waals surface area contributed by atoms with Gasteiger partial charge in [0, 0.05) is 0 Å². The highest BCUT2D eigenvalue weighted by Gasteiger charge is 2.65. The van der Waals surface area contributed by atoms with E-state index < -0.39 is 41.7 Å². The number of carbonyl (C=O) groups is 3. The Balaban J connectivity index is 1.38. The van der Waals surface area contributed by atoms with Crippen LogP contribution in [-0.4, -0.2) is 49.6 Å². The molecule has 2 saturated carbocycles. The Hall–Kier alpha value is -3.44. The van der Waals surface area contributed by atoms with Gasteiger partial charge in [-0.3, -0.25) is 14.5 Å². The third-order valence-electron chi connectivity index (χ3n) is 6.17. The van der Waals surface area contributed by atoms with Gasteiger partial charge in [0.05, 0.1) is 16.9 Å². The maximum Gasteiger partial charge on any atom is 0.416 e. The maximum atomic E-state index is 13.2. The summed E-state index contributed by atoms with van der Waals surface area (Å²) in [5.41, 5.74) is -1.92. The number of hydrogen-bond acceptors (Lipinski definition) is 5. The van der Waals surface area contributed by atoms with Crippen LogP contribution in [0.3, 0.4) is 0 Å². The van der Waals surface area contributed by atoms with Gasteiger partial charge >= 0.3 is 12.2 Å². The summed E-state index contributed by atoms with van der Waals surface area (Å²) in [6.07, 6.45) is 1.21. The Morgan fingerprint density at radius 2 is 1.88 bits per heavy atom. The van der Waals surface area contributed by atoms with Crippen molar-refractivity contribution in [2.24, 2.45) is 11.8 Å². The molecule has 168 valence electrons. The normalized spacial score (nSPS) is 20.4. The van der Waals surface area contributed by atoms with Gasteiger partial charge < -0.3 is 10.6 Å². The standard InChI is InChI=1S/C20H19F3N6O3/c21-20(22,23)13-5-6-15(29-10-24-9-25-29)14(7-13)26-16(30)8-28-17(31)19(11-1-2-11,12-3-4-12)27-18(28)32/h5-7,9-12H,1-4,8H2,(H,26,30)(H,27,32). The summed E-state index contributed by atoms with van der Waals surface area (Å²) in [5, 5.41) is 9.09. The van der Waals surface area contributed by atoms with Crippen LogP contribution in [0.4, 0.5) is 23.7 Å². The number of nitrogens with one attached hydrogen (secondary N) is 2. The lowest BCUT2D eigenvalue weighted by molar-refractivity contribution is -0.137. The minimum absolute atomic E-state index is 0.0712. The molecule has 32 heavy (non-hydrogen) atoms. The molecule has 0 atom stereocenters. The summed E-state index contributed by atoms with van der Waals surface area (Å²) in [7, 11) is 0. The Bertz CT molecular complexity index is 1080. The minimum atomic E-state index is -4.63. The number of benzene rings is 1. The first-order valence-corrected chi connectivity index (χ1v) is 10.2. The molecule has 3 fully saturated rings. The van der Waals surface area contributed by atoms with Gasteiger partial charge in [-0.2, -0.15) is 18.3 Å². The van der Waals surface area contributed by atoms with Crippen LogP contribution in [0.5, 0.6) is 0 Å². The van der Waals surface area contributed by atoms with E-state index in [1.807, 2.05) is 0 Å². The number of rotatable bonds is 6. The van der Waals surface area contributed by atoms with Gasteiger partial charge in [0.25, 0.3) is 5.91 Å². The molecule has 3 aliphatic rings. The third kappa shape index (κ3) is 3.39. The van der Waals surface area contributed by atoms with E-state index in [2.05, 4.69) is 20.7 Å². The van der Waals surface area contributed by atoms with Crippen LogP contribution >= 0.6 is 0 Å². The quantitative estimate of drug-likeness (QED) is 0.660. The van der Waals surface area contributed by atoms with E-state index in [1.165, 1.54) is 17.3 Å². The first-order valence-electron chi connectivity index (χ1n) is 10.2. The van der Waals surface area contributed by atoms with Gasteiger partial charge in [0.15, 0.2) is 0 Å². The van der Waals surface area contributed by atoms with Gasteiger partial charge in [0.2, 0.25) is 5.91 Å². The van der Waals surface area contributed by atoms with Gasteiger partial charge in [-0.1, -0.05) is 0 Å². The number of hydrogen-bond donors (Lipinski definition) is 2. The van der Waals surface area contributed by atoms with Crippen molar-refractivity contribution in [1.82, 2.24) is 25.0 Å². The second-order valence-corrected chi connectivity index (χ2v) is 8.36. The summed E-state index contributed by atoms with van der Waals surface area (Å²) in [4.78, 5) is 43.0. The number of amides is 4. The van der Waals surface area contributed by atoms with Crippen molar-refractivity contribution in [3.63, 3.8) is 0 Å². The number of aromatic nitrogens is 3. The zero-order valence-corrected chi connectivity index (χ0v) is 16.7. The average molecular weight is 448 g/mol. The molecule has 0 bridgehead atoms. The van der Waals surface area contributed by atoms with E-state index in [0.29, 0.717) is 0 Å². The molecule has 2 aliphatic carbocycles. The molecule has 1 aromatic carbocycles. The van der Waals surface area contributed by atoms with Crippen molar-refractivity contribution < 1.29 is 27.6 Å². The number of nitrogens with zero attached hydrogens (tertiary/aromatic N) is 4. The van der Waals surface area contributed by atoms with E-state index in [1.54, 1.807) is 0 Å². The van der Waals surface area contributed by atoms with Gasteiger partial charge in [-0.05, 0) is 55.7 Å². The van der Waals surface area contributed by atoms with Crippen molar-refractivity contribution in [1.29, 1.82) is 0 Å². The first-order chi connectivity index (χ1) is 15.2. The number of alkyl halides is 3. The van der Waals surface area contributed by atoms with Crippen LogP contribution in [0.2, 0.25) is 0 Å². The smallest absolute Gasteiger partial charge is 0.323 e. The molecule has 2 N–H and O–H groups in total. The van der Waals surface area contributed by atoms with Crippen LogP contribution in [0.25, 0.3) is 5.69 Å². The molecule has 5 rings (SSSR count). The monoisotopic (exact) mass is 448 g/mol. The fraction of sp³-hybridized carbons (Fsp3) is 0.450. The molecule has 2 heterocycles. The Morgan fingerprint density at radius 3 is 2.44 bits per heavy atom. The van der Waals surface area contributed by atoms with Crippen molar-refractivity contribution in [2.45, 2.75) is 37.4 Å². The molecule has 0 radical (unpaired) electrons. The molecule has 1 saturated heterocycles. The molecule has 9 nitrogen and oxygen atoms in total. The highest BCUT2D eigenvalue weighted by molar-refractivity contribution is 6.11. The lowest BCUT2D eigenvalue weighted by atomic mass is 9.87. The van der Waals surface area contributed by atoms with E-state index >= 15 is 0 Å². The number of anilines is 1. The van der Waals surface area contributed by atoms with Crippen LogP contribution in [0.15, 0.2) is 30.9 Å².